The standard InChI is InChI=1S/C23H22N4O2/c28-22(26-21-15-24-20(14-25-21)17-6-2-1-3-7-17)27-12-10-23(11-13-27)19-9-5-4-8-18(19)16-29-23/h1-9,14-15H,10-13,16H2,(H,25,26,28). The van der Waals surface area contributed by atoms with Gasteiger partial charge in [0.1, 0.15) is 0 Å². The van der Waals surface area contributed by atoms with Crippen molar-refractivity contribution in [3.8, 4) is 11.3 Å². The van der Waals surface area contributed by atoms with Crippen molar-refractivity contribution in [2.45, 2.75) is 25.0 Å². The number of piperidine rings is 1. The molecule has 2 aliphatic heterocycles. The number of hydrogen-bond acceptors (Lipinski definition) is 4. The number of hydrogen-bond donors (Lipinski definition) is 1. The van der Waals surface area contributed by atoms with Crippen LogP contribution in [0.15, 0.2) is 67.0 Å². The second-order valence-electron chi connectivity index (χ2n) is 7.51. The monoisotopic (exact) mass is 386 g/mol. The molecule has 6 nitrogen and oxygen atoms in total. The molecule has 2 amide bonds. The topological polar surface area (TPSA) is 67.4 Å². The molecule has 1 aromatic heterocycles. The molecule has 3 heterocycles. The second kappa shape index (κ2) is 7.29. The fourth-order valence-electron chi connectivity index (χ4n) is 4.21. The lowest BCUT2D eigenvalue weighted by Gasteiger charge is -2.39. The number of benzene rings is 2. The van der Waals surface area contributed by atoms with E-state index in [0.717, 1.165) is 24.1 Å². The molecule has 0 saturated carbocycles. The molecule has 1 fully saturated rings. The number of urea groups is 1. The van der Waals surface area contributed by atoms with Crippen molar-refractivity contribution in [1.29, 1.82) is 0 Å². The first-order valence-corrected chi connectivity index (χ1v) is 9.89. The predicted molar refractivity (Wildman–Crippen MR) is 110 cm³/mol. The molecule has 1 saturated heterocycles. The Hall–Kier alpha value is -3.25. The van der Waals surface area contributed by atoms with Gasteiger partial charge in [0.15, 0.2) is 5.82 Å². The van der Waals surface area contributed by atoms with Gasteiger partial charge in [-0.05, 0) is 24.0 Å². The highest BCUT2D eigenvalue weighted by molar-refractivity contribution is 5.88. The van der Waals surface area contributed by atoms with Crippen molar-refractivity contribution in [3.63, 3.8) is 0 Å². The van der Waals surface area contributed by atoms with Gasteiger partial charge < -0.3 is 9.64 Å². The number of carbonyl (C=O) groups is 1. The zero-order valence-electron chi connectivity index (χ0n) is 16.0. The van der Waals surface area contributed by atoms with Gasteiger partial charge in [0.25, 0.3) is 0 Å². The molecular formula is C23H22N4O2. The summed E-state index contributed by atoms with van der Waals surface area (Å²) < 4.78 is 6.17. The van der Waals surface area contributed by atoms with Crippen LogP contribution in [0.1, 0.15) is 24.0 Å². The van der Waals surface area contributed by atoms with Crippen LogP contribution < -0.4 is 5.32 Å². The second-order valence-corrected chi connectivity index (χ2v) is 7.51. The minimum atomic E-state index is -0.246. The fourth-order valence-corrected chi connectivity index (χ4v) is 4.21. The summed E-state index contributed by atoms with van der Waals surface area (Å²) in [6.07, 6.45) is 4.88. The van der Waals surface area contributed by atoms with Crippen molar-refractivity contribution >= 4 is 11.8 Å². The molecule has 0 bridgehead atoms. The third-order valence-corrected chi connectivity index (χ3v) is 5.83. The number of rotatable bonds is 2. The molecule has 0 aliphatic carbocycles. The van der Waals surface area contributed by atoms with Crippen LogP contribution in [-0.4, -0.2) is 34.0 Å². The number of nitrogens with zero attached hydrogens (tertiary/aromatic N) is 3. The number of amides is 2. The first kappa shape index (κ1) is 17.8. The van der Waals surface area contributed by atoms with E-state index < -0.39 is 0 Å². The minimum Gasteiger partial charge on any atom is -0.365 e. The van der Waals surface area contributed by atoms with E-state index in [0.29, 0.717) is 25.5 Å². The van der Waals surface area contributed by atoms with Crippen LogP contribution in [0.4, 0.5) is 10.6 Å². The average Bonchev–Trinajstić information content (AvgIpc) is 3.14. The summed E-state index contributed by atoms with van der Waals surface area (Å²) in [5.74, 6) is 0.456. The van der Waals surface area contributed by atoms with E-state index in [-0.39, 0.29) is 11.6 Å². The van der Waals surface area contributed by atoms with Crippen LogP contribution in [0.5, 0.6) is 0 Å². The third-order valence-electron chi connectivity index (χ3n) is 5.83. The van der Waals surface area contributed by atoms with Crippen molar-refractivity contribution in [3.05, 3.63) is 78.1 Å². The van der Waals surface area contributed by atoms with Gasteiger partial charge in [0.2, 0.25) is 0 Å². The number of carbonyl (C=O) groups excluding carboxylic acids is 1. The Bertz CT molecular complexity index is 1010. The Morgan fingerprint density at radius 1 is 0.966 bits per heavy atom. The van der Waals surface area contributed by atoms with Crippen LogP contribution >= 0.6 is 0 Å². The summed E-state index contributed by atoms with van der Waals surface area (Å²) in [5.41, 5.74) is 4.07. The molecule has 3 aromatic rings. The van der Waals surface area contributed by atoms with Gasteiger partial charge in [-0.3, -0.25) is 10.3 Å². The van der Waals surface area contributed by atoms with Gasteiger partial charge >= 0.3 is 6.03 Å². The van der Waals surface area contributed by atoms with Gasteiger partial charge in [0, 0.05) is 18.7 Å². The molecular weight excluding hydrogens is 364 g/mol. The molecule has 0 atom stereocenters. The van der Waals surface area contributed by atoms with Crippen molar-refractivity contribution in [1.82, 2.24) is 14.9 Å². The Morgan fingerprint density at radius 3 is 2.48 bits per heavy atom. The van der Waals surface area contributed by atoms with Crippen LogP contribution in [0.25, 0.3) is 11.3 Å². The number of fused-ring (bicyclic) bond motifs is 2. The van der Waals surface area contributed by atoms with Gasteiger partial charge in [-0.2, -0.15) is 0 Å². The Kier molecular flexibility index (Phi) is 4.48. The molecule has 5 rings (SSSR count). The van der Waals surface area contributed by atoms with E-state index >= 15 is 0 Å². The molecule has 1 N–H and O–H groups in total. The van der Waals surface area contributed by atoms with E-state index in [1.807, 2.05) is 41.3 Å². The summed E-state index contributed by atoms with van der Waals surface area (Å²) in [4.78, 5) is 23.3. The normalized spacial score (nSPS) is 17.2. The van der Waals surface area contributed by atoms with E-state index in [4.69, 9.17) is 4.74 Å². The van der Waals surface area contributed by atoms with Crippen molar-refractivity contribution in [2.24, 2.45) is 0 Å². The SMILES string of the molecule is O=C(Nc1cnc(-c2ccccc2)cn1)N1CCC2(CC1)OCc1ccccc12. The highest BCUT2D eigenvalue weighted by atomic mass is 16.5. The van der Waals surface area contributed by atoms with Crippen LogP contribution in [0.2, 0.25) is 0 Å². The Balaban J connectivity index is 1.22. The highest BCUT2D eigenvalue weighted by Crippen LogP contribution is 2.43. The molecule has 146 valence electrons. The summed E-state index contributed by atoms with van der Waals surface area (Å²) in [7, 11) is 0. The number of likely N-dealkylation sites (tertiary alicyclic amines) is 1. The summed E-state index contributed by atoms with van der Waals surface area (Å²) in [5, 5.41) is 2.86. The number of anilines is 1. The lowest BCUT2D eigenvalue weighted by Crippen LogP contribution is -2.46. The zero-order valence-corrected chi connectivity index (χ0v) is 16.0. The molecule has 1 spiro atoms. The number of aromatic nitrogens is 2. The molecule has 29 heavy (non-hydrogen) atoms. The van der Waals surface area contributed by atoms with Gasteiger partial charge in [-0.1, -0.05) is 54.6 Å². The quantitative estimate of drug-likeness (QED) is 0.717. The van der Waals surface area contributed by atoms with Gasteiger partial charge in [0.05, 0.1) is 30.3 Å². The third kappa shape index (κ3) is 3.36. The van der Waals surface area contributed by atoms with E-state index in [1.54, 1.807) is 12.4 Å². The maximum atomic E-state index is 12.7. The fraction of sp³-hybridized carbons (Fsp3) is 0.261. The molecule has 6 heteroatoms. The van der Waals surface area contributed by atoms with Crippen LogP contribution in [0, 0.1) is 0 Å². The summed E-state index contributed by atoms with van der Waals surface area (Å²) >= 11 is 0. The smallest absolute Gasteiger partial charge is 0.323 e. The Morgan fingerprint density at radius 2 is 1.72 bits per heavy atom. The van der Waals surface area contributed by atoms with Gasteiger partial charge in [-0.25, -0.2) is 9.78 Å². The van der Waals surface area contributed by atoms with Gasteiger partial charge in [-0.15, -0.1) is 0 Å². The van der Waals surface area contributed by atoms with E-state index in [9.17, 15) is 4.79 Å². The maximum Gasteiger partial charge on any atom is 0.323 e. The molecule has 0 radical (unpaired) electrons. The summed E-state index contributed by atoms with van der Waals surface area (Å²) in [6, 6.07) is 18.1. The van der Waals surface area contributed by atoms with Crippen LogP contribution in [0.3, 0.4) is 0 Å². The summed E-state index contributed by atoms with van der Waals surface area (Å²) in [6.45, 7) is 1.96. The van der Waals surface area contributed by atoms with Crippen molar-refractivity contribution in [2.75, 3.05) is 18.4 Å². The molecule has 2 aromatic carbocycles. The first-order valence-electron chi connectivity index (χ1n) is 9.89. The average molecular weight is 386 g/mol. The van der Waals surface area contributed by atoms with E-state index in [1.165, 1.54) is 11.1 Å². The zero-order chi connectivity index (χ0) is 19.7. The molecule has 0 unspecified atom stereocenters. The number of ether oxygens (including phenoxy) is 1. The predicted octanol–water partition coefficient (Wildman–Crippen LogP) is 4.20. The van der Waals surface area contributed by atoms with E-state index in [2.05, 4.69) is 33.5 Å². The lowest BCUT2D eigenvalue weighted by molar-refractivity contribution is -0.0722. The minimum absolute atomic E-state index is 0.145. The highest BCUT2D eigenvalue weighted by Gasteiger charge is 2.43. The largest absolute Gasteiger partial charge is 0.365 e. The lowest BCUT2D eigenvalue weighted by atomic mass is 9.84. The Labute approximate surface area is 169 Å². The molecule has 2 aliphatic rings. The number of nitrogens with one attached hydrogen (secondary N) is 1. The van der Waals surface area contributed by atoms with Crippen molar-refractivity contribution < 1.29 is 9.53 Å². The van der Waals surface area contributed by atoms with Crippen LogP contribution in [-0.2, 0) is 16.9 Å². The maximum absolute atomic E-state index is 12.7. The first-order chi connectivity index (χ1) is 14.2.